The summed E-state index contributed by atoms with van der Waals surface area (Å²) < 4.78 is 0. The second-order valence-corrected chi connectivity index (χ2v) is 3.63. The van der Waals surface area contributed by atoms with Crippen molar-refractivity contribution in [1.29, 1.82) is 5.26 Å². The molecular formula is C10H9N3O3S. The van der Waals surface area contributed by atoms with Gasteiger partial charge in [0.25, 0.3) is 0 Å². The summed E-state index contributed by atoms with van der Waals surface area (Å²) in [5, 5.41) is 29.4. The molecule has 1 aromatic carbocycles. The Hall–Kier alpha value is -2.20. The van der Waals surface area contributed by atoms with Crippen LogP contribution in [0.1, 0.15) is 10.4 Å². The summed E-state index contributed by atoms with van der Waals surface area (Å²) in [6.07, 6.45) is 3.38. The molecule has 88 valence electrons. The molecule has 0 saturated heterocycles. The van der Waals surface area contributed by atoms with E-state index in [0.717, 1.165) is 11.8 Å². The number of hydrogen-bond acceptors (Lipinski definition) is 5. The summed E-state index contributed by atoms with van der Waals surface area (Å²) >= 11 is 1.16. The molecule has 0 amide bonds. The van der Waals surface area contributed by atoms with Gasteiger partial charge in [0.2, 0.25) is 0 Å². The normalized spacial score (nSPS) is 10.7. The van der Waals surface area contributed by atoms with Crippen LogP contribution in [-0.4, -0.2) is 27.6 Å². The quantitative estimate of drug-likeness (QED) is 0.318. The summed E-state index contributed by atoms with van der Waals surface area (Å²) in [6, 6.07) is 4.18. The van der Waals surface area contributed by atoms with Crippen LogP contribution in [0.5, 0.6) is 5.75 Å². The van der Waals surface area contributed by atoms with Crippen LogP contribution in [0.2, 0.25) is 0 Å². The summed E-state index contributed by atoms with van der Waals surface area (Å²) in [7, 11) is 0. The Bertz CT molecular complexity index is 508. The number of carboxylic acids is 1. The van der Waals surface area contributed by atoms with Crippen LogP contribution in [-0.2, 0) is 0 Å². The molecule has 17 heavy (non-hydrogen) atoms. The molecular weight excluding hydrogens is 242 g/mol. The lowest BCUT2D eigenvalue weighted by molar-refractivity contribution is 0.0695. The molecule has 0 spiro atoms. The van der Waals surface area contributed by atoms with Crippen molar-refractivity contribution >= 4 is 28.6 Å². The smallest absolute Gasteiger partial charge is 0.341 e. The lowest BCUT2D eigenvalue weighted by Crippen LogP contribution is -2.12. The molecule has 0 unspecified atom stereocenters. The van der Waals surface area contributed by atoms with Crippen LogP contribution >= 0.6 is 11.8 Å². The highest BCUT2D eigenvalue weighted by Crippen LogP contribution is 2.28. The van der Waals surface area contributed by atoms with E-state index in [2.05, 4.69) is 10.3 Å². The second-order valence-electron chi connectivity index (χ2n) is 2.83. The predicted molar refractivity (Wildman–Crippen MR) is 64.4 cm³/mol. The first kappa shape index (κ1) is 12.9. The van der Waals surface area contributed by atoms with Crippen LogP contribution in [0.15, 0.2) is 23.2 Å². The molecule has 0 radical (unpaired) electrons. The number of carbonyl (C=O) groups is 1. The molecule has 0 aromatic heterocycles. The zero-order chi connectivity index (χ0) is 12.8. The molecule has 1 aromatic rings. The van der Waals surface area contributed by atoms with Crippen molar-refractivity contribution in [2.45, 2.75) is 0 Å². The molecule has 0 aliphatic carbocycles. The molecule has 0 saturated carbocycles. The van der Waals surface area contributed by atoms with Crippen LogP contribution in [0.3, 0.4) is 0 Å². The number of hydrogen-bond donors (Lipinski definition) is 3. The largest absolute Gasteiger partial charge is 0.507 e. The van der Waals surface area contributed by atoms with Gasteiger partial charge in [-0.3, -0.25) is 5.32 Å². The molecule has 0 fully saturated rings. The number of carboxylic acid groups (broad SMARTS) is 1. The molecule has 0 aliphatic rings. The van der Waals surface area contributed by atoms with E-state index in [1.54, 1.807) is 12.4 Å². The average Bonchev–Trinajstić information content (AvgIpc) is 2.28. The van der Waals surface area contributed by atoms with E-state index in [1.165, 1.54) is 18.2 Å². The maximum atomic E-state index is 10.9. The Balaban J connectivity index is 3.27. The SMILES string of the molecule is CSC(=Nc1cccc(O)c1C(=O)O)NC#N. The van der Waals surface area contributed by atoms with Crippen LogP contribution < -0.4 is 5.32 Å². The molecule has 0 aliphatic heterocycles. The van der Waals surface area contributed by atoms with Gasteiger partial charge in [-0.05, 0) is 18.4 Å². The Labute approximate surface area is 102 Å². The Morgan fingerprint density at radius 3 is 2.82 bits per heavy atom. The number of benzene rings is 1. The second kappa shape index (κ2) is 5.77. The number of aromatic carboxylic acids is 1. The highest BCUT2D eigenvalue weighted by molar-refractivity contribution is 8.13. The van der Waals surface area contributed by atoms with Gasteiger partial charge in [0.15, 0.2) is 11.4 Å². The first-order valence-corrected chi connectivity index (χ1v) is 5.65. The van der Waals surface area contributed by atoms with E-state index in [1.807, 2.05) is 0 Å². The summed E-state index contributed by atoms with van der Waals surface area (Å²) in [4.78, 5) is 14.9. The van der Waals surface area contributed by atoms with E-state index in [9.17, 15) is 9.90 Å². The minimum absolute atomic E-state index is 0.0876. The predicted octanol–water partition coefficient (Wildman–Crippen LogP) is 1.51. The topological polar surface area (TPSA) is 106 Å². The maximum absolute atomic E-state index is 10.9. The minimum atomic E-state index is -1.28. The molecule has 3 N–H and O–H groups in total. The van der Waals surface area contributed by atoms with Crippen molar-refractivity contribution in [3.63, 3.8) is 0 Å². The van der Waals surface area contributed by atoms with Gasteiger partial charge in [0.05, 0.1) is 5.69 Å². The van der Waals surface area contributed by atoms with Gasteiger partial charge in [-0.25, -0.2) is 9.79 Å². The molecule has 6 nitrogen and oxygen atoms in total. The van der Waals surface area contributed by atoms with Crippen molar-refractivity contribution in [1.82, 2.24) is 5.32 Å². The maximum Gasteiger partial charge on any atom is 0.341 e. The van der Waals surface area contributed by atoms with Gasteiger partial charge in [0, 0.05) is 0 Å². The number of thioether (sulfide) groups is 1. The first-order chi connectivity index (χ1) is 8.10. The number of nitriles is 1. The molecule has 0 bridgehead atoms. The summed E-state index contributed by atoms with van der Waals surface area (Å²) in [5.74, 6) is -1.64. The number of nitrogens with one attached hydrogen (secondary N) is 1. The number of phenols is 1. The van der Waals surface area contributed by atoms with Gasteiger partial charge < -0.3 is 10.2 Å². The Kier molecular flexibility index (Phi) is 4.37. The Morgan fingerprint density at radius 1 is 1.59 bits per heavy atom. The van der Waals surface area contributed by atoms with E-state index in [4.69, 9.17) is 10.4 Å². The fraction of sp³-hybridized carbons (Fsp3) is 0.100. The fourth-order valence-electron chi connectivity index (χ4n) is 1.12. The molecule has 0 atom stereocenters. The standard InChI is InChI=1S/C10H9N3O3S/c1-17-10(12-5-11)13-6-3-2-4-7(14)8(6)9(15)16/h2-4,14H,1H3,(H,12,13)(H,15,16). The summed E-state index contributed by atoms with van der Waals surface area (Å²) in [5.41, 5.74) is -0.205. The van der Waals surface area contributed by atoms with Crippen LogP contribution in [0, 0.1) is 11.5 Å². The van der Waals surface area contributed by atoms with Gasteiger partial charge in [-0.15, -0.1) is 0 Å². The fourth-order valence-corrected chi connectivity index (χ4v) is 1.46. The molecule has 7 heteroatoms. The first-order valence-electron chi connectivity index (χ1n) is 4.43. The monoisotopic (exact) mass is 251 g/mol. The van der Waals surface area contributed by atoms with Crippen molar-refractivity contribution in [2.75, 3.05) is 6.26 Å². The molecule has 0 heterocycles. The van der Waals surface area contributed by atoms with Crippen molar-refractivity contribution in [2.24, 2.45) is 4.99 Å². The van der Waals surface area contributed by atoms with Gasteiger partial charge in [-0.1, -0.05) is 17.8 Å². The number of aromatic hydroxyl groups is 1. The third-order valence-corrected chi connectivity index (χ3v) is 2.39. The average molecular weight is 251 g/mol. The van der Waals surface area contributed by atoms with Crippen molar-refractivity contribution in [3.05, 3.63) is 23.8 Å². The number of rotatable bonds is 2. The van der Waals surface area contributed by atoms with Crippen LogP contribution in [0.25, 0.3) is 0 Å². The van der Waals surface area contributed by atoms with Gasteiger partial charge >= 0.3 is 5.97 Å². The number of aliphatic imine (C=N–C) groups is 1. The third-order valence-electron chi connectivity index (χ3n) is 1.81. The Morgan fingerprint density at radius 2 is 2.29 bits per heavy atom. The van der Waals surface area contributed by atoms with E-state index < -0.39 is 5.97 Å². The lowest BCUT2D eigenvalue weighted by Gasteiger charge is -2.05. The third kappa shape index (κ3) is 3.12. The highest BCUT2D eigenvalue weighted by Gasteiger charge is 2.15. The van der Waals surface area contributed by atoms with Crippen LogP contribution in [0.4, 0.5) is 5.69 Å². The van der Waals surface area contributed by atoms with Crippen molar-refractivity contribution < 1.29 is 15.0 Å². The van der Waals surface area contributed by atoms with Gasteiger partial charge in [0.1, 0.15) is 11.3 Å². The van der Waals surface area contributed by atoms with Crippen molar-refractivity contribution in [3.8, 4) is 11.9 Å². The number of amidine groups is 1. The highest BCUT2D eigenvalue weighted by atomic mass is 32.2. The van der Waals surface area contributed by atoms with Gasteiger partial charge in [-0.2, -0.15) is 5.26 Å². The lowest BCUT2D eigenvalue weighted by atomic mass is 10.1. The van der Waals surface area contributed by atoms with E-state index in [0.29, 0.717) is 0 Å². The minimum Gasteiger partial charge on any atom is -0.507 e. The zero-order valence-electron chi connectivity index (χ0n) is 8.84. The number of nitrogens with zero attached hydrogens (tertiary/aromatic N) is 2. The summed E-state index contributed by atoms with van der Waals surface area (Å²) in [6.45, 7) is 0. The zero-order valence-corrected chi connectivity index (χ0v) is 9.65. The molecule has 1 rings (SSSR count). The van der Waals surface area contributed by atoms with E-state index in [-0.39, 0.29) is 22.2 Å². The van der Waals surface area contributed by atoms with E-state index >= 15 is 0 Å².